The van der Waals surface area contributed by atoms with E-state index >= 15 is 0 Å². The number of carbonyl (C=O) groups is 2. The number of hydrogen-bond donors (Lipinski definition) is 3. The van der Waals surface area contributed by atoms with Crippen LogP contribution in [0.25, 0.3) is 0 Å². The standard InChI is InChI=1S/C10H13NO2.C10H10O.C7H6O3.C2H.BrH.Mg/c1-8-5-4-6-9(7-8)10(12)11(2)13-3;1-3-10(11)9-6-4-5-8(2)7-9;8-6-3-1-2-5(4-6)7(9)10;1-2;;/h4-7H,1-3H3;1,4-7,10-11H,2H3;1-4,8H,(H,9,10);1H;1H;/q;;;-1;;+2/p-1. The van der Waals surface area contributed by atoms with Gasteiger partial charge in [0.25, 0.3) is 5.91 Å². The summed E-state index contributed by atoms with van der Waals surface area (Å²) in [7, 11) is 3.05. The number of nitrogens with zero attached hydrogens (tertiary/aromatic N) is 1. The van der Waals surface area contributed by atoms with Crippen molar-refractivity contribution in [3.8, 4) is 24.5 Å². The number of carboxylic acids is 1. The van der Waals surface area contributed by atoms with Crippen LogP contribution >= 0.6 is 0 Å². The van der Waals surface area contributed by atoms with Crippen molar-refractivity contribution in [2.45, 2.75) is 20.0 Å². The first kappa shape index (κ1) is 39.2. The minimum Gasteiger partial charge on any atom is -1.00 e. The van der Waals surface area contributed by atoms with Crippen molar-refractivity contribution in [1.29, 1.82) is 0 Å². The summed E-state index contributed by atoms with van der Waals surface area (Å²) in [5, 5.41) is 27.6. The molecule has 0 saturated heterocycles. The number of carboxylic acid groups (broad SMARTS) is 1. The Morgan fingerprint density at radius 1 is 0.947 bits per heavy atom. The van der Waals surface area contributed by atoms with Crippen LogP contribution in [0.3, 0.4) is 0 Å². The van der Waals surface area contributed by atoms with Gasteiger partial charge in [-0.3, -0.25) is 9.63 Å². The molecule has 0 aliphatic rings. The van der Waals surface area contributed by atoms with Crippen LogP contribution in [0.2, 0.25) is 0 Å². The number of aliphatic hydroxyl groups excluding tert-OH is 1. The first-order valence-electron chi connectivity index (χ1n) is 10.5. The Morgan fingerprint density at radius 3 is 1.87 bits per heavy atom. The molecule has 3 aromatic rings. The fourth-order valence-electron chi connectivity index (χ4n) is 2.62. The number of halogens is 1. The SMILES string of the molecule is C#CC(O)c1cccc(C)c1.CON(C)C(=O)c1cccc(C)c1.O=C(O)c1cccc(O)c1.[Br-].[C-]#C.[Mg+2]. The molecular formula is C29H30BrMgNO6. The second-order valence-corrected chi connectivity index (χ2v) is 7.19. The predicted octanol–water partition coefficient (Wildman–Crippen LogP) is 1.21. The van der Waals surface area contributed by atoms with E-state index in [0.29, 0.717) is 5.56 Å². The molecule has 0 aliphatic carbocycles. The smallest absolute Gasteiger partial charge is 1.00 e. The number of aliphatic hydroxyl groups is 1. The molecular weight excluding hydrogens is 563 g/mol. The van der Waals surface area contributed by atoms with Crippen molar-refractivity contribution in [2.75, 3.05) is 14.2 Å². The van der Waals surface area contributed by atoms with Gasteiger partial charge in [0.1, 0.15) is 11.9 Å². The van der Waals surface area contributed by atoms with Gasteiger partial charge in [-0.25, -0.2) is 9.86 Å². The zero-order valence-corrected chi connectivity index (χ0v) is 24.8. The molecule has 0 aromatic heterocycles. The van der Waals surface area contributed by atoms with Crippen molar-refractivity contribution in [1.82, 2.24) is 5.06 Å². The first-order valence-corrected chi connectivity index (χ1v) is 10.5. The quantitative estimate of drug-likeness (QED) is 0.182. The zero-order valence-electron chi connectivity index (χ0n) is 21.8. The number of aromatic hydroxyl groups is 1. The van der Waals surface area contributed by atoms with E-state index in [-0.39, 0.29) is 57.3 Å². The summed E-state index contributed by atoms with van der Waals surface area (Å²) in [5.74, 6) is 1.07. The Labute approximate surface area is 251 Å². The van der Waals surface area contributed by atoms with E-state index in [2.05, 4.69) is 12.3 Å². The molecule has 0 bridgehead atoms. The molecule has 0 radical (unpaired) electrons. The summed E-state index contributed by atoms with van der Waals surface area (Å²) in [6, 6.07) is 20.5. The third kappa shape index (κ3) is 15.1. The summed E-state index contributed by atoms with van der Waals surface area (Å²) in [6.45, 7) is 3.91. The molecule has 9 heteroatoms. The molecule has 0 heterocycles. The number of phenols is 1. The maximum Gasteiger partial charge on any atom is 2.00 e. The van der Waals surface area contributed by atoms with Crippen LogP contribution in [0.15, 0.2) is 72.8 Å². The molecule has 1 amide bonds. The monoisotopic (exact) mass is 591 g/mol. The Kier molecular flexibility index (Phi) is 22.4. The van der Waals surface area contributed by atoms with Gasteiger partial charge < -0.3 is 45.1 Å². The summed E-state index contributed by atoms with van der Waals surface area (Å²) < 4.78 is 0. The number of benzene rings is 3. The van der Waals surface area contributed by atoms with Gasteiger partial charge in [0.2, 0.25) is 0 Å². The first-order chi connectivity index (χ1) is 17.1. The van der Waals surface area contributed by atoms with Crippen LogP contribution in [-0.4, -0.2) is 69.5 Å². The van der Waals surface area contributed by atoms with E-state index in [1.807, 2.05) is 56.3 Å². The third-order valence-corrected chi connectivity index (χ3v) is 4.43. The fraction of sp³-hybridized carbons (Fsp3) is 0.172. The van der Waals surface area contributed by atoms with Gasteiger partial charge in [0.05, 0.1) is 12.7 Å². The van der Waals surface area contributed by atoms with Crippen molar-refractivity contribution in [2.24, 2.45) is 0 Å². The molecule has 196 valence electrons. The maximum atomic E-state index is 11.5. The number of hydroxylamine groups is 2. The van der Waals surface area contributed by atoms with Crippen molar-refractivity contribution >= 4 is 34.9 Å². The van der Waals surface area contributed by atoms with Crippen molar-refractivity contribution < 1.29 is 46.7 Å². The van der Waals surface area contributed by atoms with Gasteiger partial charge >= 0.3 is 29.0 Å². The summed E-state index contributed by atoms with van der Waals surface area (Å²) in [6.07, 6.45) is 13.3. The maximum absolute atomic E-state index is 11.5. The van der Waals surface area contributed by atoms with Crippen LogP contribution in [-0.2, 0) is 4.84 Å². The third-order valence-electron chi connectivity index (χ3n) is 4.43. The normalized spacial score (nSPS) is 9.32. The molecule has 1 unspecified atom stereocenters. The van der Waals surface area contributed by atoms with Crippen LogP contribution in [0.4, 0.5) is 0 Å². The average Bonchev–Trinajstić information content (AvgIpc) is 2.89. The van der Waals surface area contributed by atoms with Crippen LogP contribution in [0.5, 0.6) is 5.75 Å². The zero-order chi connectivity index (χ0) is 27.7. The van der Waals surface area contributed by atoms with E-state index in [9.17, 15) is 14.7 Å². The second-order valence-electron chi connectivity index (χ2n) is 7.19. The van der Waals surface area contributed by atoms with E-state index in [1.165, 1.54) is 36.4 Å². The van der Waals surface area contributed by atoms with E-state index in [4.69, 9.17) is 27.9 Å². The van der Waals surface area contributed by atoms with E-state index in [0.717, 1.165) is 16.7 Å². The molecule has 0 saturated carbocycles. The number of carbonyl (C=O) groups excluding carboxylic acids is 1. The molecule has 0 fully saturated rings. The number of terminal acetylenes is 2. The number of amides is 1. The predicted molar refractivity (Wildman–Crippen MR) is 144 cm³/mol. The largest absolute Gasteiger partial charge is 2.00 e. The minimum atomic E-state index is -1.03. The Morgan fingerprint density at radius 2 is 1.45 bits per heavy atom. The summed E-state index contributed by atoms with van der Waals surface area (Å²) in [5.41, 5.74) is 3.70. The fourth-order valence-corrected chi connectivity index (χ4v) is 2.62. The number of phenolic OH excluding ortho intramolecular Hbond substituents is 1. The van der Waals surface area contributed by atoms with Gasteiger partial charge in [-0.2, -0.15) is 0 Å². The van der Waals surface area contributed by atoms with Gasteiger partial charge in [-0.05, 0) is 49.7 Å². The van der Waals surface area contributed by atoms with Gasteiger partial charge in [-0.15, -0.1) is 6.42 Å². The molecule has 3 aromatic carbocycles. The van der Waals surface area contributed by atoms with E-state index in [1.54, 1.807) is 13.1 Å². The summed E-state index contributed by atoms with van der Waals surface area (Å²) >= 11 is 0. The Balaban J connectivity index is -0.000000459. The number of aryl methyl sites for hydroxylation is 2. The van der Waals surface area contributed by atoms with E-state index < -0.39 is 12.1 Å². The minimum absolute atomic E-state index is 0. The molecule has 3 rings (SSSR count). The molecule has 0 spiro atoms. The number of hydrogen-bond acceptors (Lipinski definition) is 5. The van der Waals surface area contributed by atoms with Crippen LogP contribution < -0.4 is 17.0 Å². The van der Waals surface area contributed by atoms with Gasteiger partial charge in [0, 0.05) is 12.6 Å². The molecule has 38 heavy (non-hydrogen) atoms. The summed E-state index contributed by atoms with van der Waals surface area (Å²) in [4.78, 5) is 26.6. The van der Waals surface area contributed by atoms with Crippen molar-refractivity contribution in [3.63, 3.8) is 0 Å². The topological polar surface area (TPSA) is 107 Å². The van der Waals surface area contributed by atoms with Crippen LogP contribution in [0.1, 0.15) is 43.5 Å². The second kappa shape index (κ2) is 21.7. The number of aromatic carboxylic acids is 1. The van der Waals surface area contributed by atoms with Gasteiger partial charge in [0.15, 0.2) is 0 Å². The molecule has 3 N–H and O–H groups in total. The number of rotatable bonds is 4. The molecule has 0 aliphatic heterocycles. The molecule has 1 atom stereocenters. The van der Waals surface area contributed by atoms with Gasteiger partial charge in [-0.1, -0.05) is 59.5 Å². The average molecular weight is 593 g/mol. The van der Waals surface area contributed by atoms with Crippen molar-refractivity contribution in [3.05, 3.63) is 107 Å². The van der Waals surface area contributed by atoms with Crippen LogP contribution in [0, 0.1) is 39.0 Å². The molecule has 7 nitrogen and oxygen atoms in total. The Bertz CT molecular complexity index is 1190. The Hall–Kier alpha value is -3.31.